The maximum atomic E-state index is 12.1. The van der Waals surface area contributed by atoms with Gasteiger partial charge in [0.25, 0.3) is 5.91 Å². The second-order valence-corrected chi connectivity index (χ2v) is 4.30. The second-order valence-electron chi connectivity index (χ2n) is 4.30. The number of carboxylic acid groups (broad SMARTS) is 1. The predicted molar refractivity (Wildman–Crippen MR) is 73.5 cm³/mol. The lowest BCUT2D eigenvalue weighted by Gasteiger charge is -2.21. The van der Waals surface area contributed by atoms with Crippen molar-refractivity contribution in [3.63, 3.8) is 0 Å². The SMILES string of the molecule is CCOc1ccc(C(=O)N(C)C(C)C(=O)O)cc1[N+](=O)[O-]. The van der Waals surface area contributed by atoms with Gasteiger partial charge in [0.15, 0.2) is 5.75 Å². The highest BCUT2D eigenvalue weighted by atomic mass is 16.6. The average Bonchev–Trinajstić information content (AvgIpc) is 2.45. The molecule has 0 heterocycles. The van der Waals surface area contributed by atoms with Crippen LogP contribution in [0.2, 0.25) is 0 Å². The van der Waals surface area contributed by atoms with E-state index in [1.807, 2.05) is 0 Å². The first kappa shape index (κ1) is 16.4. The summed E-state index contributed by atoms with van der Waals surface area (Å²) in [5, 5.41) is 19.9. The van der Waals surface area contributed by atoms with Crippen molar-refractivity contribution in [1.82, 2.24) is 4.90 Å². The molecule has 0 aliphatic rings. The molecule has 0 radical (unpaired) electrons. The van der Waals surface area contributed by atoms with Gasteiger partial charge in [-0.05, 0) is 26.0 Å². The molecular weight excluding hydrogens is 280 g/mol. The van der Waals surface area contributed by atoms with Gasteiger partial charge in [0.1, 0.15) is 6.04 Å². The van der Waals surface area contributed by atoms with Crippen LogP contribution in [0.1, 0.15) is 24.2 Å². The van der Waals surface area contributed by atoms with Gasteiger partial charge in [-0.1, -0.05) is 0 Å². The molecule has 0 aliphatic heterocycles. The maximum absolute atomic E-state index is 12.1. The number of nitro groups is 1. The van der Waals surface area contributed by atoms with Crippen molar-refractivity contribution in [3.05, 3.63) is 33.9 Å². The molecule has 0 saturated carbocycles. The zero-order chi connectivity index (χ0) is 16.2. The molecule has 8 heteroatoms. The molecule has 0 spiro atoms. The standard InChI is InChI=1S/C13H16N2O6/c1-4-21-11-6-5-9(7-10(11)15(19)20)12(16)14(3)8(2)13(17)18/h5-8H,4H2,1-3H3,(H,17,18). The summed E-state index contributed by atoms with van der Waals surface area (Å²) in [4.78, 5) is 34.3. The molecule has 1 atom stereocenters. The van der Waals surface area contributed by atoms with Crippen molar-refractivity contribution in [2.75, 3.05) is 13.7 Å². The van der Waals surface area contributed by atoms with Crippen molar-refractivity contribution in [2.45, 2.75) is 19.9 Å². The van der Waals surface area contributed by atoms with Gasteiger partial charge in [-0.3, -0.25) is 14.9 Å². The molecule has 0 aliphatic carbocycles. The predicted octanol–water partition coefficient (Wildman–Crippen LogP) is 1.54. The van der Waals surface area contributed by atoms with Crippen LogP contribution in [0.15, 0.2) is 18.2 Å². The molecule has 0 fully saturated rings. The highest BCUT2D eigenvalue weighted by Crippen LogP contribution is 2.28. The van der Waals surface area contributed by atoms with E-state index in [2.05, 4.69) is 0 Å². The maximum Gasteiger partial charge on any atom is 0.326 e. The van der Waals surface area contributed by atoms with E-state index in [9.17, 15) is 19.7 Å². The zero-order valence-electron chi connectivity index (χ0n) is 11.9. The summed E-state index contributed by atoms with van der Waals surface area (Å²) in [6, 6.07) is 2.74. The molecule has 8 nitrogen and oxygen atoms in total. The molecule has 1 N–H and O–H groups in total. The number of hydrogen-bond acceptors (Lipinski definition) is 5. The van der Waals surface area contributed by atoms with Crippen LogP contribution < -0.4 is 4.74 Å². The third kappa shape index (κ3) is 3.68. The summed E-state index contributed by atoms with van der Waals surface area (Å²) in [6.45, 7) is 3.29. The number of aliphatic carboxylic acids is 1. The largest absolute Gasteiger partial charge is 0.487 e. The van der Waals surface area contributed by atoms with Crippen LogP contribution in [0.4, 0.5) is 5.69 Å². The van der Waals surface area contributed by atoms with Crippen LogP contribution in [-0.2, 0) is 4.79 Å². The van der Waals surface area contributed by atoms with E-state index >= 15 is 0 Å². The highest BCUT2D eigenvalue weighted by molar-refractivity contribution is 5.97. The summed E-state index contributed by atoms with van der Waals surface area (Å²) in [5.74, 6) is -1.71. The molecule has 0 saturated heterocycles. The summed E-state index contributed by atoms with van der Waals surface area (Å²) in [5.41, 5.74) is -0.306. The van der Waals surface area contributed by atoms with Crippen LogP contribution >= 0.6 is 0 Å². The summed E-state index contributed by atoms with van der Waals surface area (Å²) in [7, 11) is 1.32. The van der Waals surface area contributed by atoms with E-state index in [1.165, 1.54) is 26.1 Å². The highest BCUT2D eigenvalue weighted by Gasteiger charge is 2.25. The van der Waals surface area contributed by atoms with Gasteiger partial charge in [-0.25, -0.2) is 4.79 Å². The van der Waals surface area contributed by atoms with Gasteiger partial charge in [0, 0.05) is 18.7 Å². The number of carboxylic acids is 1. The van der Waals surface area contributed by atoms with Crippen molar-refractivity contribution in [2.24, 2.45) is 0 Å². The molecule has 1 aromatic rings. The number of benzene rings is 1. The number of nitrogens with zero attached hydrogens (tertiary/aromatic N) is 2. The fraction of sp³-hybridized carbons (Fsp3) is 0.385. The van der Waals surface area contributed by atoms with Crippen LogP contribution in [0.25, 0.3) is 0 Å². The molecule has 1 unspecified atom stereocenters. The molecule has 21 heavy (non-hydrogen) atoms. The first-order valence-electron chi connectivity index (χ1n) is 6.20. The number of carbonyl (C=O) groups excluding carboxylic acids is 1. The summed E-state index contributed by atoms with van der Waals surface area (Å²) < 4.78 is 5.12. The van der Waals surface area contributed by atoms with Gasteiger partial charge in [0.05, 0.1) is 11.5 Å². The van der Waals surface area contributed by atoms with Crippen molar-refractivity contribution >= 4 is 17.6 Å². The molecule has 1 rings (SSSR count). The Morgan fingerprint density at radius 2 is 2.10 bits per heavy atom. The van der Waals surface area contributed by atoms with Gasteiger partial charge in [0.2, 0.25) is 0 Å². The number of rotatable bonds is 6. The number of likely N-dealkylation sites (N-methyl/N-ethyl adjacent to an activating group) is 1. The summed E-state index contributed by atoms with van der Waals surface area (Å²) in [6.07, 6.45) is 0. The lowest BCUT2D eigenvalue weighted by molar-refractivity contribution is -0.385. The number of amides is 1. The van der Waals surface area contributed by atoms with Crippen molar-refractivity contribution < 1.29 is 24.4 Å². The van der Waals surface area contributed by atoms with E-state index < -0.39 is 22.8 Å². The molecular formula is C13H16N2O6. The Kier molecular flexibility index (Phi) is 5.23. The number of ether oxygens (including phenoxy) is 1. The minimum Gasteiger partial charge on any atom is -0.487 e. The van der Waals surface area contributed by atoms with Gasteiger partial charge >= 0.3 is 11.7 Å². The Balaban J connectivity index is 3.14. The van der Waals surface area contributed by atoms with E-state index in [0.29, 0.717) is 0 Å². The van der Waals surface area contributed by atoms with Crippen LogP contribution in [0, 0.1) is 10.1 Å². The lowest BCUT2D eigenvalue weighted by atomic mass is 10.1. The molecule has 114 valence electrons. The van der Waals surface area contributed by atoms with Crippen molar-refractivity contribution in [3.8, 4) is 5.75 Å². The molecule has 0 bridgehead atoms. The molecule has 1 aromatic carbocycles. The van der Waals surface area contributed by atoms with Crippen LogP contribution in [-0.4, -0.2) is 46.5 Å². The molecule has 1 amide bonds. The smallest absolute Gasteiger partial charge is 0.326 e. The monoisotopic (exact) mass is 296 g/mol. The fourth-order valence-corrected chi connectivity index (χ4v) is 1.62. The second kappa shape index (κ2) is 6.69. The van der Waals surface area contributed by atoms with Crippen LogP contribution in [0.5, 0.6) is 5.75 Å². The Morgan fingerprint density at radius 3 is 2.57 bits per heavy atom. The topological polar surface area (TPSA) is 110 Å². The van der Waals surface area contributed by atoms with Gasteiger partial charge < -0.3 is 14.7 Å². The first-order chi connectivity index (χ1) is 9.79. The van der Waals surface area contributed by atoms with E-state index in [-0.39, 0.29) is 23.6 Å². The summed E-state index contributed by atoms with van der Waals surface area (Å²) >= 11 is 0. The Morgan fingerprint density at radius 1 is 1.48 bits per heavy atom. The molecule has 0 aromatic heterocycles. The quantitative estimate of drug-likeness (QED) is 0.629. The Hall–Kier alpha value is -2.64. The Labute approximate surface area is 121 Å². The minimum atomic E-state index is -1.16. The van der Waals surface area contributed by atoms with Gasteiger partial charge in [-0.15, -0.1) is 0 Å². The number of nitro benzene ring substituents is 1. The number of carbonyl (C=O) groups is 2. The van der Waals surface area contributed by atoms with Crippen LogP contribution in [0.3, 0.4) is 0 Å². The lowest BCUT2D eigenvalue weighted by Crippen LogP contribution is -2.40. The van der Waals surface area contributed by atoms with Gasteiger partial charge in [-0.2, -0.15) is 0 Å². The third-order valence-corrected chi connectivity index (χ3v) is 2.96. The minimum absolute atomic E-state index is 0.0285. The number of hydrogen-bond donors (Lipinski definition) is 1. The zero-order valence-corrected chi connectivity index (χ0v) is 11.9. The first-order valence-corrected chi connectivity index (χ1v) is 6.20. The fourth-order valence-electron chi connectivity index (χ4n) is 1.62. The van der Waals surface area contributed by atoms with E-state index in [0.717, 1.165) is 11.0 Å². The Bertz CT molecular complexity index is 572. The van der Waals surface area contributed by atoms with E-state index in [4.69, 9.17) is 9.84 Å². The normalized spacial score (nSPS) is 11.6. The van der Waals surface area contributed by atoms with Crippen molar-refractivity contribution in [1.29, 1.82) is 0 Å². The van der Waals surface area contributed by atoms with E-state index in [1.54, 1.807) is 6.92 Å². The third-order valence-electron chi connectivity index (χ3n) is 2.96. The average molecular weight is 296 g/mol.